The van der Waals surface area contributed by atoms with Gasteiger partial charge < -0.3 is 13.6 Å². The van der Waals surface area contributed by atoms with Gasteiger partial charge in [0.2, 0.25) is 0 Å². The largest absolute Gasteiger partial charge is 0.456 e. The molecule has 6 aromatic carbocycles. The van der Waals surface area contributed by atoms with Crippen molar-refractivity contribution in [1.29, 1.82) is 0 Å². The van der Waals surface area contributed by atoms with Crippen LogP contribution < -0.4 is 0 Å². The normalized spacial score (nSPS) is 12.3. The van der Waals surface area contributed by atoms with E-state index in [1.807, 2.05) is 35.7 Å². The number of hydrogen-bond donors (Lipinski definition) is 0. The lowest BCUT2D eigenvalue weighted by Gasteiger charge is -2.08. The Balaban J connectivity index is 1.26. The van der Waals surface area contributed by atoms with Crippen LogP contribution in [0.5, 0.6) is 0 Å². The summed E-state index contributed by atoms with van der Waals surface area (Å²) in [5, 5.41) is 8.59. The van der Waals surface area contributed by atoms with Gasteiger partial charge in [0.05, 0.1) is 27.6 Å². The Labute approximate surface area is 265 Å². The summed E-state index contributed by atoms with van der Waals surface area (Å²) in [5.74, 6) is 0. The van der Waals surface area contributed by atoms with Crippen LogP contribution in [0.4, 0.5) is 0 Å². The van der Waals surface area contributed by atoms with Gasteiger partial charge in [-0.2, -0.15) is 0 Å². The molecule has 0 aliphatic carbocycles. The molecule has 0 aliphatic heterocycles. The fraction of sp³-hybridized carbons (Fsp3) is 0. The molecule has 5 aromatic heterocycles. The summed E-state index contributed by atoms with van der Waals surface area (Å²) in [5.41, 5.74) is 9.83. The van der Waals surface area contributed by atoms with Gasteiger partial charge in [0.15, 0.2) is 0 Å². The molecule has 0 N–H and O–H groups in total. The summed E-state index contributed by atoms with van der Waals surface area (Å²) >= 11 is 1.89. The van der Waals surface area contributed by atoms with Gasteiger partial charge in [-0.3, -0.25) is 4.98 Å². The number of furan rings is 1. The topological polar surface area (TPSA) is 35.9 Å². The molecule has 46 heavy (non-hydrogen) atoms. The molecule has 0 amide bonds. The zero-order valence-electron chi connectivity index (χ0n) is 24.4. The van der Waals surface area contributed by atoms with Crippen molar-refractivity contribution in [3.8, 4) is 11.4 Å². The van der Waals surface area contributed by atoms with E-state index in [9.17, 15) is 0 Å². The third-order valence-corrected chi connectivity index (χ3v) is 10.8. The number of para-hydroxylation sites is 3. The van der Waals surface area contributed by atoms with E-state index in [2.05, 4.69) is 124 Å². The number of benzene rings is 6. The molecule has 0 bridgehead atoms. The number of hydrogen-bond acceptors (Lipinski definition) is 3. The molecule has 11 aromatic rings. The minimum Gasteiger partial charge on any atom is -0.456 e. The Morgan fingerprint density at radius 1 is 0.457 bits per heavy atom. The van der Waals surface area contributed by atoms with Gasteiger partial charge in [0, 0.05) is 64.7 Å². The molecular weight excluding hydrogens is 583 g/mol. The van der Waals surface area contributed by atoms with Crippen molar-refractivity contribution in [2.75, 3.05) is 0 Å². The van der Waals surface area contributed by atoms with E-state index in [0.29, 0.717) is 0 Å². The molecule has 0 saturated heterocycles. The minimum absolute atomic E-state index is 0.907. The average molecular weight is 606 g/mol. The summed E-state index contributed by atoms with van der Waals surface area (Å²) in [6.07, 6.45) is 1.91. The van der Waals surface area contributed by atoms with Crippen LogP contribution in [0.2, 0.25) is 0 Å². The number of rotatable bonds is 2. The van der Waals surface area contributed by atoms with E-state index < -0.39 is 0 Å². The highest BCUT2D eigenvalue weighted by Crippen LogP contribution is 2.47. The van der Waals surface area contributed by atoms with Gasteiger partial charge in [0.1, 0.15) is 11.2 Å². The minimum atomic E-state index is 0.907. The first-order chi connectivity index (χ1) is 22.8. The second kappa shape index (κ2) is 8.84. The maximum absolute atomic E-state index is 6.17. The van der Waals surface area contributed by atoms with Crippen LogP contribution in [-0.2, 0) is 0 Å². The van der Waals surface area contributed by atoms with Gasteiger partial charge >= 0.3 is 0 Å². The van der Waals surface area contributed by atoms with E-state index in [0.717, 1.165) is 44.3 Å². The van der Waals surface area contributed by atoms with Crippen LogP contribution in [0, 0.1) is 0 Å². The Kier molecular flexibility index (Phi) is 4.69. The Hall–Kier alpha value is -5.91. The highest BCUT2D eigenvalue weighted by Gasteiger charge is 2.22. The first kappa shape index (κ1) is 24.4. The SMILES string of the molecule is c1ccc(-n2c3cccnc3c3c4sc5c(ccc6c5c5ccccc5n6-c5ccc6oc7ccccc7c6c5)c4ccc32)cc1. The summed E-state index contributed by atoms with van der Waals surface area (Å²) in [4.78, 5) is 4.95. The van der Waals surface area contributed by atoms with Gasteiger partial charge in [-0.15, -0.1) is 11.3 Å². The van der Waals surface area contributed by atoms with E-state index in [-0.39, 0.29) is 0 Å². The summed E-state index contributed by atoms with van der Waals surface area (Å²) in [7, 11) is 0. The quantitative estimate of drug-likeness (QED) is 0.196. The molecule has 0 atom stereocenters. The highest BCUT2D eigenvalue weighted by molar-refractivity contribution is 7.27. The second-order valence-electron chi connectivity index (χ2n) is 11.9. The third-order valence-electron chi connectivity index (χ3n) is 9.56. The monoisotopic (exact) mass is 605 g/mol. The van der Waals surface area contributed by atoms with E-state index >= 15 is 0 Å². The lowest BCUT2D eigenvalue weighted by atomic mass is 10.1. The fourth-order valence-electron chi connectivity index (χ4n) is 7.64. The molecule has 214 valence electrons. The molecule has 0 aliphatic rings. The van der Waals surface area contributed by atoms with Crippen molar-refractivity contribution in [2.24, 2.45) is 0 Å². The molecule has 0 spiro atoms. The van der Waals surface area contributed by atoms with Crippen LogP contribution in [-0.4, -0.2) is 14.1 Å². The highest BCUT2D eigenvalue weighted by atomic mass is 32.1. The first-order valence-corrected chi connectivity index (χ1v) is 16.3. The maximum atomic E-state index is 6.17. The fourth-order valence-corrected chi connectivity index (χ4v) is 9.04. The summed E-state index contributed by atoms with van der Waals surface area (Å²) < 4.78 is 13.5. The third kappa shape index (κ3) is 3.10. The predicted octanol–water partition coefficient (Wildman–Crippen LogP) is 11.5. The predicted molar refractivity (Wildman–Crippen MR) is 193 cm³/mol. The molecule has 4 nitrogen and oxygen atoms in total. The smallest absolute Gasteiger partial charge is 0.135 e. The van der Waals surface area contributed by atoms with Gasteiger partial charge in [0.25, 0.3) is 0 Å². The van der Waals surface area contributed by atoms with Crippen molar-refractivity contribution < 1.29 is 4.42 Å². The van der Waals surface area contributed by atoms with Crippen LogP contribution in [0.25, 0.3) is 97.2 Å². The lowest BCUT2D eigenvalue weighted by Crippen LogP contribution is -1.93. The summed E-state index contributed by atoms with van der Waals surface area (Å²) in [6.45, 7) is 0. The number of fused-ring (bicyclic) bond motifs is 14. The molecule has 11 rings (SSSR count). The van der Waals surface area contributed by atoms with Crippen LogP contribution >= 0.6 is 11.3 Å². The van der Waals surface area contributed by atoms with Crippen LogP contribution in [0.3, 0.4) is 0 Å². The molecule has 0 radical (unpaired) electrons. The second-order valence-corrected chi connectivity index (χ2v) is 13.0. The Bertz CT molecular complexity index is 3030. The zero-order chi connectivity index (χ0) is 29.9. The van der Waals surface area contributed by atoms with Crippen LogP contribution in [0.15, 0.2) is 144 Å². The van der Waals surface area contributed by atoms with E-state index in [1.165, 1.54) is 52.9 Å². The molecule has 0 unspecified atom stereocenters. The van der Waals surface area contributed by atoms with Crippen molar-refractivity contribution in [1.82, 2.24) is 14.1 Å². The Morgan fingerprint density at radius 2 is 1.13 bits per heavy atom. The standard InChI is InChI=1S/C41H23N3OS/c1-2-9-24(10-3-1)43-33-20-18-28-27-17-19-32-37(40(27)46-41(28)38(33)39-34(43)14-8-22-42-39)29-12-4-6-13-31(29)44(32)25-16-21-36-30(23-25)26-11-5-7-15-35(26)45-36/h1-23H. The first-order valence-electron chi connectivity index (χ1n) is 15.5. The average Bonchev–Trinajstić information content (AvgIpc) is 3.85. The van der Waals surface area contributed by atoms with Crippen molar-refractivity contribution in [2.45, 2.75) is 0 Å². The number of aromatic nitrogens is 3. The van der Waals surface area contributed by atoms with E-state index in [4.69, 9.17) is 9.40 Å². The molecular formula is C41H23N3OS. The van der Waals surface area contributed by atoms with Crippen molar-refractivity contribution in [3.05, 3.63) is 140 Å². The number of nitrogens with zero attached hydrogens (tertiary/aromatic N) is 3. The lowest BCUT2D eigenvalue weighted by molar-refractivity contribution is 0.669. The molecule has 0 saturated carbocycles. The van der Waals surface area contributed by atoms with Gasteiger partial charge in [-0.05, 0) is 66.7 Å². The van der Waals surface area contributed by atoms with Crippen LogP contribution in [0.1, 0.15) is 0 Å². The van der Waals surface area contributed by atoms with E-state index in [1.54, 1.807) is 0 Å². The summed E-state index contributed by atoms with van der Waals surface area (Å²) in [6, 6.07) is 47.6. The van der Waals surface area contributed by atoms with Crippen molar-refractivity contribution in [3.63, 3.8) is 0 Å². The van der Waals surface area contributed by atoms with Gasteiger partial charge in [-0.1, -0.05) is 66.7 Å². The van der Waals surface area contributed by atoms with Crippen molar-refractivity contribution >= 4 is 97.2 Å². The molecule has 5 heterocycles. The van der Waals surface area contributed by atoms with Gasteiger partial charge in [-0.25, -0.2) is 0 Å². The number of pyridine rings is 1. The zero-order valence-corrected chi connectivity index (χ0v) is 25.3. The molecule has 0 fully saturated rings. The molecule has 5 heteroatoms. The maximum Gasteiger partial charge on any atom is 0.135 e. The Morgan fingerprint density at radius 3 is 2.00 bits per heavy atom. The number of thiophene rings is 1.